The minimum absolute atomic E-state index is 0.482. The van der Waals surface area contributed by atoms with E-state index in [1.165, 1.54) is 31.2 Å². The van der Waals surface area contributed by atoms with Crippen LogP contribution in [0.5, 0.6) is 5.75 Å². The summed E-state index contributed by atoms with van der Waals surface area (Å²) in [6.07, 6.45) is 5.79. The van der Waals surface area contributed by atoms with Gasteiger partial charge in [-0.25, -0.2) is 0 Å². The van der Waals surface area contributed by atoms with Crippen LogP contribution in [0.1, 0.15) is 35.2 Å². The standard InChI is InChI=1S/C13H15IO/c14-13-9-5-1-3-7-11(9)15-12-8-4-2-6-10(12)13/h1,3,5,7,10,12-13H,2,4,6,8H2. The number of alkyl halides is 1. The smallest absolute Gasteiger partial charge is 0.124 e. The molecule has 3 unspecified atom stereocenters. The van der Waals surface area contributed by atoms with Crippen molar-refractivity contribution in [1.82, 2.24) is 0 Å². The van der Waals surface area contributed by atoms with Gasteiger partial charge in [0.2, 0.25) is 0 Å². The maximum Gasteiger partial charge on any atom is 0.124 e. The van der Waals surface area contributed by atoms with Gasteiger partial charge in [0.05, 0.1) is 0 Å². The summed E-state index contributed by atoms with van der Waals surface area (Å²) in [4.78, 5) is 0. The van der Waals surface area contributed by atoms with Crippen molar-refractivity contribution < 1.29 is 4.74 Å². The summed E-state index contributed by atoms with van der Waals surface area (Å²) in [5, 5.41) is 0. The molecule has 0 saturated heterocycles. The lowest BCUT2D eigenvalue weighted by molar-refractivity contribution is 0.0762. The highest BCUT2D eigenvalue weighted by Crippen LogP contribution is 2.48. The first-order valence-corrected chi connectivity index (χ1v) is 7.00. The largest absolute Gasteiger partial charge is 0.490 e. The predicted octanol–water partition coefficient (Wildman–Crippen LogP) is 4.11. The van der Waals surface area contributed by atoms with E-state index in [0.29, 0.717) is 10.0 Å². The summed E-state index contributed by atoms with van der Waals surface area (Å²) in [6, 6.07) is 8.53. The molecule has 1 aromatic carbocycles. The molecule has 2 aliphatic rings. The highest BCUT2D eigenvalue weighted by molar-refractivity contribution is 14.1. The number of fused-ring (bicyclic) bond motifs is 2. The molecule has 3 atom stereocenters. The maximum atomic E-state index is 6.10. The average Bonchev–Trinajstić information content (AvgIpc) is 2.30. The third-order valence-electron chi connectivity index (χ3n) is 3.62. The molecule has 1 saturated carbocycles. The van der Waals surface area contributed by atoms with Gasteiger partial charge in [-0.1, -0.05) is 47.2 Å². The van der Waals surface area contributed by atoms with Crippen LogP contribution >= 0.6 is 22.6 Å². The molecule has 1 aliphatic heterocycles. The van der Waals surface area contributed by atoms with Gasteiger partial charge < -0.3 is 4.74 Å². The molecule has 0 N–H and O–H groups in total. The van der Waals surface area contributed by atoms with Crippen molar-refractivity contribution >= 4 is 22.6 Å². The number of para-hydroxylation sites is 1. The van der Waals surface area contributed by atoms with Crippen LogP contribution in [0.3, 0.4) is 0 Å². The Labute approximate surface area is 104 Å². The quantitative estimate of drug-likeness (QED) is 0.517. The van der Waals surface area contributed by atoms with Crippen LogP contribution in [0.25, 0.3) is 0 Å². The van der Waals surface area contributed by atoms with E-state index in [4.69, 9.17) is 4.74 Å². The molecular weight excluding hydrogens is 299 g/mol. The molecule has 2 heteroatoms. The second kappa shape index (κ2) is 3.96. The SMILES string of the molecule is IC1c2ccccc2OC2CCCCC21. The van der Waals surface area contributed by atoms with Gasteiger partial charge in [-0.2, -0.15) is 0 Å². The Kier molecular flexibility index (Phi) is 2.63. The van der Waals surface area contributed by atoms with Crippen molar-refractivity contribution in [2.24, 2.45) is 5.92 Å². The molecule has 1 aliphatic carbocycles. The number of hydrogen-bond acceptors (Lipinski definition) is 1. The Morgan fingerprint density at radius 1 is 1.13 bits per heavy atom. The summed E-state index contributed by atoms with van der Waals surface area (Å²) in [6.45, 7) is 0. The molecule has 1 fully saturated rings. The molecule has 0 spiro atoms. The average molecular weight is 314 g/mol. The maximum absolute atomic E-state index is 6.10. The van der Waals surface area contributed by atoms with Crippen LogP contribution in [0.4, 0.5) is 0 Å². The molecular formula is C13H15IO. The van der Waals surface area contributed by atoms with Crippen molar-refractivity contribution in [2.45, 2.75) is 35.7 Å². The highest BCUT2D eigenvalue weighted by Gasteiger charge is 2.37. The summed E-state index contributed by atoms with van der Waals surface area (Å²) >= 11 is 2.60. The van der Waals surface area contributed by atoms with Gasteiger partial charge in [-0.3, -0.25) is 0 Å². The molecule has 1 heterocycles. The summed E-state index contributed by atoms with van der Waals surface area (Å²) < 4.78 is 6.75. The van der Waals surface area contributed by atoms with Crippen molar-refractivity contribution in [2.75, 3.05) is 0 Å². The first-order chi connectivity index (χ1) is 7.36. The second-order valence-corrected chi connectivity index (χ2v) is 5.89. The Balaban J connectivity index is 1.98. The van der Waals surface area contributed by atoms with Crippen molar-refractivity contribution in [1.29, 1.82) is 0 Å². The number of rotatable bonds is 0. The first kappa shape index (κ1) is 9.94. The Hall–Kier alpha value is -0.250. The molecule has 0 bridgehead atoms. The monoisotopic (exact) mass is 314 g/mol. The zero-order valence-electron chi connectivity index (χ0n) is 8.66. The molecule has 1 nitrogen and oxygen atoms in total. The second-order valence-electron chi connectivity index (χ2n) is 4.54. The molecule has 80 valence electrons. The molecule has 0 aromatic heterocycles. The fraction of sp³-hybridized carbons (Fsp3) is 0.538. The zero-order valence-corrected chi connectivity index (χ0v) is 10.8. The summed E-state index contributed by atoms with van der Waals surface area (Å²) in [5.41, 5.74) is 1.40. The van der Waals surface area contributed by atoms with Crippen LogP contribution in [0.15, 0.2) is 24.3 Å². The topological polar surface area (TPSA) is 9.23 Å². The number of hydrogen-bond donors (Lipinski definition) is 0. The Bertz CT molecular complexity index is 363. The van der Waals surface area contributed by atoms with E-state index in [2.05, 4.69) is 46.9 Å². The van der Waals surface area contributed by atoms with E-state index in [1.54, 1.807) is 0 Å². The van der Waals surface area contributed by atoms with Crippen LogP contribution in [-0.4, -0.2) is 6.10 Å². The third kappa shape index (κ3) is 1.67. The van der Waals surface area contributed by atoms with Gasteiger partial charge in [0.1, 0.15) is 11.9 Å². The molecule has 0 radical (unpaired) electrons. The summed E-state index contributed by atoms with van der Waals surface area (Å²) in [7, 11) is 0. The molecule has 0 amide bonds. The molecule has 1 aromatic rings. The lowest BCUT2D eigenvalue weighted by Crippen LogP contribution is -2.36. The fourth-order valence-corrected chi connectivity index (χ4v) is 4.15. The van der Waals surface area contributed by atoms with E-state index in [9.17, 15) is 0 Å². The van der Waals surface area contributed by atoms with Gasteiger partial charge >= 0.3 is 0 Å². The Morgan fingerprint density at radius 2 is 1.93 bits per heavy atom. The first-order valence-electron chi connectivity index (χ1n) is 5.76. The van der Waals surface area contributed by atoms with Gasteiger partial charge in [-0.05, 0) is 25.3 Å². The highest BCUT2D eigenvalue weighted by atomic mass is 127. The van der Waals surface area contributed by atoms with Crippen molar-refractivity contribution in [3.05, 3.63) is 29.8 Å². The molecule has 3 rings (SSSR count). The van der Waals surface area contributed by atoms with Gasteiger partial charge in [0.15, 0.2) is 0 Å². The van der Waals surface area contributed by atoms with Crippen molar-refractivity contribution in [3.8, 4) is 5.75 Å². The van der Waals surface area contributed by atoms with Crippen LogP contribution in [0, 0.1) is 5.92 Å². The van der Waals surface area contributed by atoms with Gasteiger partial charge in [-0.15, -0.1) is 0 Å². The molecule has 15 heavy (non-hydrogen) atoms. The van der Waals surface area contributed by atoms with Crippen LogP contribution < -0.4 is 4.74 Å². The zero-order chi connectivity index (χ0) is 10.3. The van der Waals surface area contributed by atoms with E-state index in [-0.39, 0.29) is 0 Å². The lowest BCUT2D eigenvalue weighted by atomic mass is 9.80. The normalized spacial score (nSPS) is 33.8. The summed E-state index contributed by atoms with van der Waals surface area (Å²) in [5.74, 6) is 1.87. The number of ether oxygens (including phenoxy) is 1. The minimum Gasteiger partial charge on any atom is -0.490 e. The van der Waals surface area contributed by atoms with E-state index >= 15 is 0 Å². The Morgan fingerprint density at radius 3 is 2.87 bits per heavy atom. The van der Waals surface area contributed by atoms with Crippen LogP contribution in [-0.2, 0) is 0 Å². The third-order valence-corrected chi connectivity index (χ3v) is 5.22. The van der Waals surface area contributed by atoms with E-state index in [0.717, 1.165) is 11.7 Å². The predicted molar refractivity (Wildman–Crippen MR) is 69.6 cm³/mol. The number of halogens is 1. The van der Waals surface area contributed by atoms with Gasteiger partial charge in [0.25, 0.3) is 0 Å². The number of benzene rings is 1. The van der Waals surface area contributed by atoms with Crippen LogP contribution in [0.2, 0.25) is 0 Å². The van der Waals surface area contributed by atoms with E-state index in [1.807, 2.05) is 0 Å². The van der Waals surface area contributed by atoms with E-state index < -0.39 is 0 Å². The minimum atomic E-state index is 0.482. The fourth-order valence-electron chi connectivity index (χ4n) is 2.82. The van der Waals surface area contributed by atoms with Crippen molar-refractivity contribution in [3.63, 3.8) is 0 Å². The van der Waals surface area contributed by atoms with Gasteiger partial charge in [0, 0.05) is 15.4 Å². The lowest BCUT2D eigenvalue weighted by Gasteiger charge is -2.40.